The number of ketones is 1. The van der Waals surface area contributed by atoms with Gasteiger partial charge in [0.2, 0.25) is 5.95 Å². The number of anilines is 2. The Labute approximate surface area is 162 Å². The van der Waals surface area contributed by atoms with Crippen molar-refractivity contribution in [3.05, 3.63) is 36.7 Å². The van der Waals surface area contributed by atoms with Gasteiger partial charge in [0, 0.05) is 45.1 Å². The van der Waals surface area contributed by atoms with Gasteiger partial charge in [0.1, 0.15) is 23.7 Å². The third kappa shape index (κ3) is 3.20. The first-order valence-corrected chi connectivity index (χ1v) is 9.69. The molecular formula is C20H22N6O2. The molecule has 0 spiro atoms. The second-order valence-electron chi connectivity index (χ2n) is 7.11. The van der Waals surface area contributed by atoms with Crippen LogP contribution in [0.5, 0.6) is 0 Å². The molecular weight excluding hydrogens is 356 g/mol. The van der Waals surface area contributed by atoms with Gasteiger partial charge in [-0.15, -0.1) is 0 Å². The number of hydrogen-bond acceptors (Lipinski definition) is 7. The summed E-state index contributed by atoms with van der Waals surface area (Å²) in [6.45, 7) is 4.39. The molecule has 0 N–H and O–H groups in total. The number of nitrogens with zero attached hydrogens (tertiary/aromatic N) is 6. The molecule has 144 valence electrons. The van der Waals surface area contributed by atoms with E-state index in [-0.39, 0.29) is 0 Å². The molecule has 0 radical (unpaired) electrons. The zero-order valence-electron chi connectivity index (χ0n) is 15.6. The first-order valence-electron chi connectivity index (χ1n) is 9.69. The first-order chi connectivity index (χ1) is 13.8. The molecule has 8 nitrogen and oxygen atoms in total. The number of para-hydroxylation sites is 2. The molecule has 0 saturated carbocycles. The quantitative estimate of drug-likeness (QED) is 0.688. The molecule has 0 atom stereocenters. The minimum Gasteiger partial charge on any atom is -0.378 e. The second-order valence-corrected chi connectivity index (χ2v) is 7.11. The van der Waals surface area contributed by atoms with Crippen LogP contribution in [0, 0.1) is 0 Å². The fourth-order valence-corrected chi connectivity index (χ4v) is 3.74. The maximum atomic E-state index is 11.7. The SMILES string of the molecule is O=C1CCN(c2cc(N3CCOCC3)nc(-n3cnc4ccccc43)n2)CC1. The van der Waals surface area contributed by atoms with Crippen molar-refractivity contribution in [1.29, 1.82) is 0 Å². The number of carbonyl (C=O) groups excluding carboxylic acids is 1. The van der Waals surface area contributed by atoms with E-state index in [0.29, 0.717) is 50.9 Å². The lowest BCUT2D eigenvalue weighted by Crippen LogP contribution is -2.38. The van der Waals surface area contributed by atoms with E-state index in [1.807, 2.05) is 34.9 Å². The van der Waals surface area contributed by atoms with E-state index < -0.39 is 0 Å². The summed E-state index contributed by atoms with van der Waals surface area (Å²) in [4.78, 5) is 30.2. The first kappa shape index (κ1) is 17.1. The molecule has 1 aromatic carbocycles. The van der Waals surface area contributed by atoms with Crippen LogP contribution in [0.3, 0.4) is 0 Å². The summed E-state index contributed by atoms with van der Waals surface area (Å²) in [6, 6.07) is 10.00. The van der Waals surface area contributed by atoms with Crippen LogP contribution in [-0.2, 0) is 9.53 Å². The average Bonchev–Trinajstić information content (AvgIpc) is 3.19. The van der Waals surface area contributed by atoms with Crippen molar-refractivity contribution < 1.29 is 9.53 Å². The minimum absolute atomic E-state index is 0.319. The molecule has 0 amide bonds. The number of fused-ring (bicyclic) bond motifs is 1. The Morgan fingerprint density at radius 3 is 2.32 bits per heavy atom. The second kappa shape index (κ2) is 7.20. The monoisotopic (exact) mass is 378 g/mol. The van der Waals surface area contributed by atoms with Crippen LogP contribution >= 0.6 is 0 Å². The third-order valence-electron chi connectivity index (χ3n) is 5.34. The number of rotatable bonds is 3. The summed E-state index contributed by atoms with van der Waals surface area (Å²) in [7, 11) is 0. The predicted molar refractivity (Wildman–Crippen MR) is 106 cm³/mol. The van der Waals surface area contributed by atoms with Crippen molar-refractivity contribution >= 4 is 28.5 Å². The molecule has 2 fully saturated rings. The van der Waals surface area contributed by atoms with Gasteiger partial charge in [0.05, 0.1) is 24.2 Å². The van der Waals surface area contributed by atoms with Gasteiger partial charge in [0.15, 0.2) is 0 Å². The highest BCUT2D eigenvalue weighted by Crippen LogP contribution is 2.25. The fourth-order valence-electron chi connectivity index (χ4n) is 3.74. The Balaban J connectivity index is 1.59. The van der Waals surface area contributed by atoms with Gasteiger partial charge in [-0.25, -0.2) is 4.98 Å². The maximum absolute atomic E-state index is 11.7. The van der Waals surface area contributed by atoms with Gasteiger partial charge in [-0.3, -0.25) is 9.36 Å². The van der Waals surface area contributed by atoms with E-state index in [2.05, 4.69) is 14.8 Å². The van der Waals surface area contributed by atoms with Gasteiger partial charge >= 0.3 is 0 Å². The van der Waals surface area contributed by atoms with Crippen molar-refractivity contribution in [2.75, 3.05) is 49.2 Å². The minimum atomic E-state index is 0.319. The summed E-state index contributed by atoms with van der Waals surface area (Å²) in [5.74, 6) is 2.67. The number of morpholine rings is 1. The molecule has 28 heavy (non-hydrogen) atoms. The largest absolute Gasteiger partial charge is 0.378 e. The Morgan fingerprint density at radius 1 is 0.893 bits per heavy atom. The molecule has 3 aromatic rings. The highest BCUT2D eigenvalue weighted by Gasteiger charge is 2.22. The summed E-state index contributed by atoms with van der Waals surface area (Å²) >= 11 is 0. The average molecular weight is 378 g/mol. The molecule has 4 heterocycles. The van der Waals surface area contributed by atoms with Crippen LogP contribution in [0.2, 0.25) is 0 Å². The summed E-state index contributed by atoms with van der Waals surface area (Å²) < 4.78 is 7.42. The lowest BCUT2D eigenvalue weighted by Gasteiger charge is -2.31. The number of imidazole rings is 1. The van der Waals surface area contributed by atoms with E-state index in [1.54, 1.807) is 6.33 Å². The number of benzene rings is 1. The van der Waals surface area contributed by atoms with Crippen molar-refractivity contribution in [3.8, 4) is 5.95 Å². The smallest absolute Gasteiger partial charge is 0.239 e. The van der Waals surface area contributed by atoms with Crippen molar-refractivity contribution in [2.24, 2.45) is 0 Å². The van der Waals surface area contributed by atoms with E-state index in [9.17, 15) is 4.79 Å². The van der Waals surface area contributed by atoms with Crippen LogP contribution in [-0.4, -0.2) is 64.7 Å². The highest BCUT2D eigenvalue weighted by molar-refractivity contribution is 5.81. The van der Waals surface area contributed by atoms with Crippen molar-refractivity contribution in [1.82, 2.24) is 19.5 Å². The summed E-state index contributed by atoms with van der Waals surface area (Å²) in [5, 5.41) is 0. The van der Waals surface area contributed by atoms with E-state index in [0.717, 1.165) is 35.8 Å². The normalized spacial score (nSPS) is 18.1. The molecule has 8 heteroatoms. The standard InChI is InChI=1S/C20H22N6O2/c27-15-5-7-24(8-6-15)18-13-19(25-9-11-28-12-10-25)23-20(22-18)26-14-21-16-3-1-2-4-17(16)26/h1-4,13-14H,5-12H2. The number of hydrogen-bond donors (Lipinski definition) is 0. The van der Waals surface area contributed by atoms with Crippen LogP contribution in [0.1, 0.15) is 12.8 Å². The van der Waals surface area contributed by atoms with Crippen LogP contribution in [0.4, 0.5) is 11.6 Å². The van der Waals surface area contributed by atoms with Gasteiger partial charge in [-0.2, -0.15) is 9.97 Å². The Kier molecular flexibility index (Phi) is 4.40. The lowest BCUT2D eigenvalue weighted by atomic mass is 10.1. The number of Topliss-reactive ketones (excluding diaryl/α,β-unsaturated/α-hetero) is 1. The van der Waals surface area contributed by atoms with Crippen molar-refractivity contribution in [2.45, 2.75) is 12.8 Å². The zero-order chi connectivity index (χ0) is 18.9. The van der Waals surface area contributed by atoms with E-state index >= 15 is 0 Å². The van der Waals surface area contributed by atoms with Gasteiger partial charge in [-0.1, -0.05) is 12.1 Å². The molecule has 2 saturated heterocycles. The van der Waals surface area contributed by atoms with Gasteiger partial charge in [-0.05, 0) is 12.1 Å². The summed E-state index contributed by atoms with van der Waals surface area (Å²) in [6.07, 6.45) is 2.91. The highest BCUT2D eigenvalue weighted by atomic mass is 16.5. The number of piperidine rings is 1. The maximum Gasteiger partial charge on any atom is 0.239 e. The van der Waals surface area contributed by atoms with Crippen LogP contribution in [0.15, 0.2) is 36.7 Å². The molecule has 2 aliphatic heterocycles. The molecule has 0 unspecified atom stereocenters. The molecule has 2 aromatic heterocycles. The lowest BCUT2D eigenvalue weighted by molar-refractivity contribution is -0.119. The van der Waals surface area contributed by atoms with Crippen LogP contribution in [0.25, 0.3) is 17.0 Å². The topological polar surface area (TPSA) is 76.4 Å². The molecule has 5 rings (SSSR count). The Hall–Kier alpha value is -3.00. The Morgan fingerprint density at radius 2 is 1.57 bits per heavy atom. The number of aromatic nitrogens is 4. The summed E-state index contributed by atoms with van der Waals surface area (Å²) in [5.41, 5.74) is 1.88. The van der Waals surface area contributed by atoms with Gasteiger partial charge in [0.25, 0.3) is 0 Å². The predicted octanol–water partition coefficient (Wildman–Crippen LogP) is 1.82. The van der Waals surface area contributed by atoms with E-state index in [1.165, 1.54) is 0 Å². The van der Waals surface area contributed by atoms with E-state index in [4.69, 9.17) is 14.7 Å². The Bertz CT molecular complexity index is 1000. The van der Waals surface area contributed by atoms with Crippen molar-refractivity contribution in [3.63, 3.8) is 0 Å². The third-order valence-corrected chi connectivity index (χ3v) is 5.34. The van der Waals surface area contributed by atoms with Gasteiger partial charge < -0.3 is 14.5 Å². The fraction of sp³-hybridized carbons (Fsp3) is 0.400. The zero-order valence-corrected chi connectivity index (χ0v) is 15.6. The number of carbonyl (C=O) groups is 1. The number of ether oxygens (including phenoxy) is 1. The molecule has 0 aliphatic carbocycles. The molecule has 0 bridgehead atoms. The molecule has 2 aliphatic rings. The van der Waals surface area contributed by atoms with Crippen LogP contribution < -0.4 is 9.80 Å².